The van der Waals surface area contributed by atoms with Crippen LogP contribution in [0.5, 0.6) is 0 Å². The highest BCUT2D eigenvalue weighted by molar-refractivity contribution is 5.88. The van der Waals surface area contributed by atoms with Crippen molar-refractivity contribution in [1.82, 2.24) is 5.32 Å². The minimum absolute atomic E-state index is 0.222. The molecule has 3 nitrogen and oxygen atoms in total. The number of esters is 1. The Balaban J connectivity index is 3.85. The average molecular weight is 227 g/mol. The summed E-state index contributed by atoms with van der Waals surface area (Å²) in [7, 11) is 1.42. The second-order valence-electron chi connectivity index (χ2n) is 5.09. The number of carbonyl (C=O) groups is 1. The van der Waals surface area contributed by atoms with Crippen molar-refractivity contribution in [3.05, 3.63) is 11.6 Å². The summed E-state index contributed by atoms with van der Waals surface area (Å²) >= 11 is 0. The maximum absolute atomic E-state index is 11.2. The first-order chi connectivity index (χ1) is 7.40. The number of hydrogen-bond donors (Lipinski definition) is 1. The maximum Gasteiger partial charge on any atom is 0.333 e. The van der Waals surface area contributed by atoms with Gasteiger partial charge in [0, 0.05) is 12.1 Å². The summed E-state index contributed by atoms with van der Waals surface area (Å²) in [6.45, 7) is 10.3. The van der Waals surface area contributed by atoms with E-state index in [9.17, 15) is 4.79 Å². The van der Waals surface area contributed by atoms with Gasteiger partial charge in [-0.25, -0.2) is 4.79 Å². The number of ether oxygens (including phenoxy) is 1. The van der Waals surface area contributed by atoms with Gasteiger partial charge < -0.3 is 10.1 Å². The van der Waals surface area contributed by atoms with Gasteiger partial charge in [0.2, 0.25) is 0 Å². The Hall–Kier alpha value is -0.830. The third-order valence-electron chi connectivity index (χ3n) is 2.37. The molecule has 0 aromatic carbocycles. The molecule has 0 aromatic heterocycles. The topological polar surface area (TPSA) is 38.3 Å². The lowest BCUT2D eigenvalue weighted by molar-refractivity contribution is -0.136. The fraction of sp³-hybridized carbons (Fsp3) is 0.769. The van der Waals surface area contributed by atoms with E-state index in [0.717, 1.165) is 25.1 Å². The zero-order valence-electron chi connectivity index (χ0n) is 11.2. The second-order valence-corrected chi connectivity index (χ2v) is 5.09. The molecule has 16 heavy (non-hydrogen) atoms. The Morgan fingerprint density at radius 2 is 2.00 bits per heavy atom. The van der Waals surface area contributed by atoms with Gasteiger partial charge in [0.1, 0.15) is 0 Å². The van der Waals surface area contributed by atoms with Gasteiger partial charge in [-0.2, -0.15) is 0 Å². The molecule has 0 amide bonds. The monoisotopic (exact) mass is 227 g/mol. The number of carbonyl (C=O) groups excluding carboxylic acids is 1. The summed E-state index contributed by atoms with van der Waals surface area (Å²) in [4.78, 5) is 11.2. The van der Waals surface area contributed by atoms with Crippen LogP contribution in [-0.2, 0) is 9.53 Å². The van der Waals surface area contributed by atoms with E-state index >= 15 is 0 Å². The standard InChI is InChI=1S/C13H25NO2/c1-6-11(12(15)16-5)7-9-14-10-8-13(2,3)4/h7,14H,6,8-10H2,1-5H3. The molecule has 0 aliphatic rings. The highest BCUT2D eigenvalue weighted by atomic mass is 16.5. The molecule has 0 fully saturated rings. The molecule has 3 heteroatoms. The predicted molar refractivity (Wildman–Crippen MR) is 67.3 cm³/mol. The summed E-state index contributed by atoms with van der Waals surface area (Å²) in [6, 6.07) is 0. The van der Waals surface area contributed by atoms with Crippen LogP contribution in [0.1, 0.15) is 40.5 Å². The Morgan fingerprint density at radius 1 is 1.38 bits per heavy atom. The molecule has 94 valence electrons. The Bertz CT molecular complexity index is 239. The quantitative estimate of drug-likeness (QED) is 0.430. The van der Waals surface area contributed by atoms with Crippen molar-refractivity contribution >= 4 is 5.97 Å². The van der Waals surface area contributed by atoms with Gasteiger partial charge in [0.05, 0.1) is 7.11 Å². The molecule has 0 saturated carbocycles. The van der Waals surface area contributed by atoms with Crippen LogP contribution in [0.2, 0.25) is 0 Å². The lowest BCUT2D eigenvalue weighted by Crippen LogP contribution is -2.21. The molecule has 0 radical (unpaired) electrons. The molecule has 0 rings (SSSR count). The van der Waals surface area contributed by atoms with Crippen molar-refractivity contribution in [2.45, 2.75) is 40.5 Å². The van der Waals surface area contributed by atoms with Gasteiger partial charge in [0.15, 0.2) is 0 Å². The molecule has 0 atom stereocenters. The largest absolute Gasteiger partial charge is 0.466 e. The van der Waals surface area contributed by atoms with Crippen molar-refractivity contribution in [2.24, 2.45) is 5.41 Å². The minimum atomic E-state index is -0.222. The third-order valence-corrected chi connectivity index (χ3v) is 2.37. The average Bonchev–Trinajstić information content (AvgIpc) is 2.21. The molecule has 0 aromatic rings. The first-order valence-electron chi connectivity index (χ1n) is 5.88. The molecule has 1 N–H and O–H groups in total. The SMILES string of the molecule is CCC(=CCNCCC(C)(C)C)C(=O)OC. The molecular formula is C13H25NO2. The van der Waals surface area contributed by atoms with Crippen molar-refractivity contribution in [3.63, 3.8) is 0 Å². The van der Waals surface area contributed by atoms with Gasteiger partial charge in [-0.15, -0.1) is 0 Å². The van der Waals surface area contributed by atoms with Crippen molar-refractivity contribution in [1.29, 1.82) is 0 Å². The van der Waals surface area contributed by atoms with Crippen LogP contribution in [-0.4, -0.2) is 26.2 Å². The van der Waals surface area contributed by atoms with E-state index in [0.29, 0.717) is 11.8 Å². The van der Waals surface area contributed by atoms with E-state index in [1.807, 2.05) is 13.0 Å². The molecule has 0 aliphatic carbocycles. The molecule has 0 saturated heterocycles. The molecule has 0 spiro atoms. The van der Waals surface area contributed by atoms with Crippen molar-refractivity contribution in [2.75, 3.05) is 20.2 Å². The fourth-order valence-electron chi connectivity index (χ4n) is 1.26. The van der Waals surface area contributed by atoms with Gasteiger partial charge in [0.25, 0.3) is 0 Å². The lowest BCUT2D eigenvalue weighted by atomic mass is 9.92. The number of nitrogens with one attached hydrogen (secondary N) is 1. The highest BCUT2D eigenvalue weighted by Gasteiger charge is 2.09. The molecule has 0 bridgehead atoms. The molecule has 0 heterocycles. The van der Waals surface area contributed by atoms with Crippen LogP contribution in [0.15, 0.2) is 11.6 Å². The first kappa shape index (κ1) is 15.2. The fourth-order valence-corrected chi connectivity index (χ4v) is 1.26. The van der Waals surface area contributed by atoms with E-state index in [-0.39, 0.29) is 5.97 Å². The molecule has 0 unspecified atom stereocenters. The van der Waals surface area contributed by atoms with Crippen LogP contribution in [0.25, 0.3) is 0 Å². The second kappa shape index (κ2) is 7.44. The number of methoxy groups -OCH3 is 1. The van der Waals surface area contributed by atoms with Gasteiger partial charge >= 0.3 is 5.97 Å². The van der Waals surface area contributed by atoms with Gasteiger partial charge in [-0.3, -0.25) is 0 Å². The van der Waals surface area contributed by atoms with E-state index in [1.54, 1.807) is 0 Å². The summed E-state index contributed by atoms with van der Waals surface area (Å²) in [5.74, 6) is -0.222. The van der Waals surface area contributed by atoms with Crippen molar-refractivity contribution in [3.8, 4) is 0 Å². The van der Waals surface area contributed by atoms with E-state index < -0.39 is 0 Å². The maximum atomic E-state index is 11.2. The van der Waals surface area contributed by atoms with Crippen molar-refractivity contribution < 1.29 is 9.53 Å². The van der Waals surface area contributed by atoms with Crippen LogP contribution < -0.4 is 5.32 Å². The van der Waals surface area contributed by atoms with E-state index in [4.69, 9.17) is 0 Å². The van der Waals surface area contributed by atoms with Crippen LogP contribution in [0.4, 0.5) is 0 Å². The summed E-state index contributed by atoms with van der Waals surface area (Å²) < 4.78 is 4.68. The Labute approximate surface area is 99.3 Å². The number of hydrogen-bond acceptors (Lipinski definition) is 3. The lowest BCUT2D eigenvalue weighted by Gasteiger charge is -2.17. The Morgan fingerprint density at radius 3 is 2.44 bits per heavy atom. The zero-order valence-corrected chi connectivity index (χ0v) is 11.2. The first-order valence-corrected chi connectivity index (χ1v) is 5.88. The summed E-state index contributed by atoms with van der Waals surface area (Å²) in [6.07, 6.45) is 3.75. The highest BCUT2D eigenvalue weighted by Crippen LogP contribution is 2.16. The third kappa shape index (κ3) is 7.46. The predicted octanol–water partition coefficient (Wildman–Crippen LogP) is 2.52. The normalized spacial score (nSPS) is 12.7. The Kier molecular flexibility index (Phi) is 7.06. The van der Waals surface area contributed by atoms with Gasteiger partial charge in [-0.05, 0) is 24.8 Å². The minimum Gasteiger partial charge on any atom is -0.466 e. The van der Waals surface area contributed by atoms with Crippen LogP contribution in [0.3, 0.4) is 0 Å². The molecule has 0 aliphatic heterocycles. The zero-order chi connectivity index (χ0) is 12.6. The van der Waals surface area contributed by atoms with E-state index in [2.05, 4.69) is 30.8 Å². The van der Waals surface area contributed by atoms with Crippen LogP contribution in [0, 0.1) is 5.41 Å². The molecular weight excluding hydrogens is 202 g/mol. The smallest absolute Gasteiger partial charge is 0.333 e. The summed E-state index contributed by atoms with van der Waals surface area (Å²) in [5, 5.41) is 3.30. The number of rotatable bonds is 6. The van der Waals surface area contributed by atoms with E-state index in [1.165, 1.54) is 7.11 Å². The van der Waals surface area contributed by atoms with Gasteiger partial charge in [-0.1, -0.05) is 33.8 Å². The van der Waals surface area contributed by atoms with Crippen LogP contribution >= 0.6 is 0 Å². The summed E-state index contributed by atoms with van der Waals surface area (Å²) in [5.41, 5.74) is 1.10.